The Bertz CT molecular complexity index is 297. The molecule has 0 aromatic carbocycles. The summed E-state index contributed by atoms with van der Waals surface area (Å²) in [4.78, 5) is 10.2. The molecule has 0 radical (unpaired) electrons. The Morgan fingerprint density at radius 1 is 1.71 bits per heavy atom. The van der Waals surface area contributed by atoms with Crippen LogP contribution in [-0.2, 0) is 18.4 Å². The number of carboxylic acids is 1. The molecule has 0 spiro atoms. The fourth-order valence-corrected chi connectivity index (χ4v) is 1.03. The second-order valence-electron chi connectivity index (χ2n) is 3.03. The first kappa shape index (κ1) is 10.6. The van der Waals surface area contributed by atoms with Gasteiger partial charge in [-0.05, 0) is 13.0 Å². The van der Waals surface area contributed by atoms with Crippen molar-refractivity contribution >= 4 is 5.97 Å². The van der Waals surface area contributed by atoms with Gasteiger partial charge in [0.1, 0.15) is 12.2 Å². The van der Waals surface area contributed by atoms with Gasteiger partial charge in [-0.3, -0.25) is 4.79 Å². The summed E-state index contributed by atoms with van der Waals surface area (Å²) in [6.45, 7) is 1.30. The molecular formula is C8H14N4O2. The molecule has 0 aliphatic carbocycles. The molecule has 0 fully saturated rings. The van der Waals surface area contributed by atoms with E-state index < -0.39 is 5.97 Å². The zero-order chi connectivity index (χ0) is 10.4. The molecule has 0 bridgehead atoms. The molecule has 0 aliphatic rings. The molecule has 78 valence electrons. The highest BCUT2D eigenvalue weighted by atomic mass is 16.4. The number of aryl methyl sites for hydroxylation is 1. The van der Waals surface area contributed by atoms with Crippen LogP contribution in [0.15, 0.2) is 6.33 Å². The molecule has 0 amide bonds. The smallest absolute Gasteiger partial charge is 0.303 e. The monoisotopic (exact) mass is 198 g/mol. The van der Waals surface area contributed by atoms with E-state index in [4.69, 9.17) is 5.11 Å². The van der Waals surface area contributed by atoms with E-state index in [-0.39, 0.29) is 6.42 Å². The van der Waals surface area contributed by atoms with Crippen LogP contribution in [0.1, 0.15) is 18.7 Å². The van der Waals surface area contributed by atoms with Gasteiger partial charge in [-0.2, -0.15) is 0 Å². The first-order valence-corrected chi connectivity index (χ1v) is 4.45. The van der Waals surface area contributed by atoms with Crippen LogP contribution in [0.5, 0.6) is 0 Å². The molecule has 6 nitrogen and oxygen atoms in total. The Morgan fingerprint density at radius 3 is 3.07 bits per heavy atom. The average molecular weight is 198 g/mol. The molecule has 0 atom stereocenters. The van der Waals surface area contributed by atoms with Crippen molar-refractivity contribution in [2.45, 2.75) is 19.4 Å². The molecule has 6 heteroatoms. The Labute approximate surface area is 82.0 Å². The maximum Gasteiger partial charge on any atom is 0.303 e. The molecule has 14 heavy (non-hydrogen) atoms. The Hall–Kier alpha value is -1.43. The van der Waals surface area contributed by atoms with Gasteiger partial charge in [0.25, 0.3) is 0 Å². The lowest BCUT2D eigenvalue weighted by Gasteiger charge is -2.02. The zero-order valence-corrected chi connectivity index (χ0v) is 8.10. The van der Waals surface area contributed by atoms with Gasteiger partial charge >= 0.3 is 5.97 Å². The molecule has 0 saturated carbocycles. The van der Waals surface area contributed by atoms with E-state index in [1.165, 1.54) is 0 Å². The molecule has 1 aromatic heterocycles. The van der Waals surface area contributed by atoms with Crippen molar-refractivity contribution in [2.24, 2.45) is 7.05 Å². The Morgan fingerprint density at radius 2 is 2.50 bits per heavy atom. The molecule has 2 N–H and O–H groups in total. The van der Waals surface area contributed by atoms with E-state index in [2.05, 4.69) is 15.5 Å². The van der Waals surface area contributed by atoms with Gasteiger partial charge in [-0.1, -0.05) is 0 Å². The van der Waals surface area contributed by atoms with Gasteiger partial charge in [-0.25, -0.2) is 0 Å². The number of hydrogen-bond donors (Lipinski definition) is 2. The lowest BCUT2D eigenvalue weighted by atomic mass is 10.3. The highest BCUT2D eigenvalue weighted by Gasteiger charge is 1.99. The van der Waals surface area contributed by atoms with E-state index >= 15 is 0 Å². The van der Waals surface area contributed by atoms with E-state index in [9.17, 15) is 4.79 Å². The van der Waals surface area contributed by atoms with Crippen molar-refractivity contribution in [3.8, 4) is 0 Å². The minimum atomic E-state index is -0.759. The number of carboxylic acid groups (broad SMARTS) is 1. The van der Waals surface area contributed by atoms with Crippen LogP contribution in [0.3, 0.4) is 0 Å². The van der Waals surface area contributed by atoms with Gasteiger partial charge in [-0.15, -0.1) is 10.2 Å². The van der Waals surface area contributed by atoms with Crippen LogP contribution in [0.4, 0.5) is 0 Å². The Balaban J connectivity index is 2.10. The number of aromatic nitrogens is 3. The highest BCUT2D eigenvalue weighted by Crippen LogP contribution is 1.91. The minimum absolute atomic E-state index is 0.200. The van der Waals surface area contributed by atoms with Crippen LogP contribution in [-0.4, -0.2) is 32.4 Å². The first-order valence-electron chi connectivity index (χ1n) is 4.45. The van der Waals surface area contributed by atoms with E-state index in [0.717, 1.165) is 5.82 Å². The third-order valence-corrected chi connectivity index (χ3v) is 1.83. The number of nitrogens with zero attached hydrogens (tertiary/aromatic N) is 3. The van der Waals surface area contributed by atoms with Crippen LogP contribution >= 0.6 is 0 Å². The number of aliphatic carboxylic acids is 1. The van der Waals surface area contributed by atoms with E-state index in [0.29, 0.717) is 19.5 Å². The third kappa shape index (κ3) is 3.53. The summed E-state index contributed by atoms with van der Waals surface area (Å²) in [7, 11) is 1.87. The van der Waals surface area contributed by atoms with Crippen molar-refractivity contribution in [3.63, 3.8) is 0 Å². The maximum atomic E-state index is 10.2. The van der Waals surface area contributed by atoms with E-state index in [1.807, 2.05) is 11.6 Å². The molecule has 0 aliphatic heterocycles. The third-order valence-electron chi connectivity index (χ3n) is 1.83. The summed E-state index contributed by atoms with van der Waals surface area (Å²) in [6, 6.07) is 0. The van der Waals surface area contributed by atoms with Crippen molar-refractivity contribution in [1.29, 1.82) is 0 Å². The van der Waals surface area contributed by atoms with Gasteiger partial charge in [0.05, 0.1) is 6.54 Å². The SMILES string of the molecule is Cn1cnnc1CNCCCC(=O)O. The topological polar surface area (TPSA) is 80.0 Å². The van der Waals surface area contributed by atoms with Crippen LogP contribution < -0.4 is 5.32 Å². The van der Waals surface area contributed by atoms with Crippen molar-refractivity contribution in [1.82, 2.24) is 20.1 Å². The average Bonchev–Trinajstić information content (AvgIpc) is 2.51. The second-order valence-corrected chi connectivity index (χ2v) is 3.03. The summed E-state index contributed by atoms with van der Waals surface area (Å²) in [5.41, 5.74) is 0. The number of nitrogens with one attached hydrogen (secondary N) is 1. The molecule has 1 aromatic rings. The number of rotatable bonds is 6. The van der Waals surface area contributed by atoms with Crippen molar-refractivity contribution in [2.75, 3.05) is 6.54 Å². The van der Waals surface area contributed by atoms with E-state index in [1.54, 1.807) is 6.33 Å². The maximum absolute atomic E-state index is 10.2. The van der Waals surface area contributed by atoms with Crippen molar-refractivity contribution < 1.29 is 9.90 Å². The van der Waals surface area contributed by atoms with Gasteiger partial charge < -0.3 is 15.0 Å². The summed E-state index contributed by atoms with van der Waals surface area (Å²) in [5.74, 6) is 0.0887. The number of hydrogen-bond acceptors (Lipinski definition) is 4. The molecule has 1 heterocycles. The zero-order valence-electron chi connectivity index (χ0n) is 8.10. The van der Waals surface area contributed by atoms with Gasteiger partial charge in [0, 0.05) is 13.5 Å². The predicted molar refractivity (Wildman–Crippen MR) is 49.6 cm³/mol. The second kappa shape index (κ2) is 5.33. The molecule has 0 saturated heterocycles. The van der Waals surface area contributed by atoms with Crippen molar-refractivity contribution in [3.05, 3.63) is 12.2 Å². The quantitative estimate of drug-likeness (QED) is 0.617. The molecule has 1 rings (SSSR count). The summed E-state index contributed by atoms with van der Waals surface area (Å²) in [5, 5.41) is 19.1. The summed E-state index contributed by atoms with van der Waals surface area (Å²) < 4.78 is 1.82. The minimum Gasteiger partial charge on any atom is -0.481 e. The predicted octanol–water partition coefficient (Wildman–Crippen LogP) is -0.231. The summed E-state index contributed by atoms with van der Waals surface area (Å²) >= 11 is 0. The van der Waals surface area contributed by atoms with Gasteiger partial charge in [0.2, 0.25) is 0 Å². The van der Waals surface area contributed by atoms with Crippen LogP contribution in [0.2, 0.25) is 0 Å². The standard InChI is InChI=1S/C8H14N4O2/c1-12-6-10-11-7(12)5-9-4-2-3-8(13)14/h6,9H,2-5H2,1H3,(H,13,14). The number of carbonyl (C=O) groups is 1. The van der Waals surface area contributed by atoms with Crippen LogP contribution in [0.25, 0.3) is 0 Å². The van der Waals surface area contributed by atoms with Gasteiger partial charge in [0.15, 0.2) is 0 Å². The lowest BCUT2D eigenvalue weighted by molar-refractivity contribution is -0.137. The fourth-order valence-electron chi connectivity index (χ4n) is 1.03. The normalized spacial score (nSPS) is 10.4. The van der Waals surface area contributed by atoms with Crippen LogP contribution in [0, 0.1) is 0 Å². The largest absolute Gasteiger partial charge is 0.481 e. The summed E-state index contributed by atoms with van der Waals surface area (Å²) in [6.07, 6.45) is 2.47. The first-order chi connectivity index (χ1) is 6.70. The Kier molecular flexibility index (Phi) is 4.06. The fraction of sp³-hybridized carbons (Fsp3) is 0.625. The molecule has 0 unspecified atom stereocenters. The molecular weight excluding hydrogens is 184 g/mol. The lowest BCUT2D eigenvalue weighted by Crippen LogP contribution is -2.18. The highest BCUT2D eigenvalue weighted by molar-refractivity contribution is 5.66.